The summed E-state index contributed by atoms with van der Waals surface area (Å²) in [6.45, 7) is 0.340. The van der Waals surface area contributed by atoms with Crippen molar-refractivity contribution in [3.63, 3.8) is 0 Å². The third kappa shape index (κ3) is 3.64. The van der Waals surface area contributed by atoms with Crippen molar-refractivity contribution >= 4 is 28.5 Å². The normalized spacial score (nSPS) is 23.4. The molecule has 3 aromatic rings. The van der Waals surface area contributed by atoms with Crippen LogP contribution in [0.25, 0.3) is 11.0 Å². The summed E-state index contributed by atoms with van der Waals surface area (Å²) in [5.41, 5.74) is 1.39. The number of H-pyrrole nitrogens is 1. The van der Waals surface area contributed by atoms with Gasteiger partial charge >= 0.3 is 6.18 Å². The van der Waals surface area contributed by atoms with Gasteiger partial charge in [0.25, 0.3) is 0 Å². The second-order valence-electron chi connectivity index (χ2n) is 7.97. The van der Waals surface area contributed by atoms with E-state index >= 15 is 0 Å². The van der Waals surface area contributed by atoms with E-state index in [4.69, 9.17) is 0 Å². The van der Waals surface area contributed by atoms with Crippen molar-refractivity contribution in [3.8, 4) is 0 Å². The van der Waals surface area contributed by atoms with Crippen LogP contribution in [0.15, 0.2) is 48.5 Å². The first-order valence-corrected chi connectivity index (χ1v) is 10.0. The highest BCUT2D eigenvalue weighted by atomic mass is 19.4. The molecule has 0 radical (unpaired) electrons. The molecule has 6 nitrogen and oxygen atoms in total. The van der Waals surface area contributed by atoms with Crippen molar-refractivity contribution in [2.45, 2.75) is 31.0 Å². The van der Waals surface area contributed by atoms with Crippen molar-refractivity contribution in [3.05, 3.63) is 59.9 Å². The first-order valence-electron chi connectivity index (χ1n) is 10.0. The van der Waals surface area contributed by atoms with Gasteiger partial charge in [-0.1, -0.05) is 12.1 Å². The number of nitrogens with one attached hydrogen (secondary N) is 2. The first kappa shape index (κ1) is 19.6. The molecule has 2 aliphatic rings. The minimum Gasteiger partial charge on any atom is -0.344 e. The highest BCUT2D eigenvalue weighted by Crippen LogP contribution is 2.47. The van der Waals surface area contributed by atoms with Gasteiger partial charge in [0.05, 0.1) is 16.6 Å². The SMILES string of the molecule is O=C(NC1CCN(c2ccc(C(F)(F)F)cc2)C1=O)[C@H]1C[C@@H]1c1nc2ccccc2[nH]1. The van der Waals surface area contributed by atoms with Gasteiger partial charge in [0, 0.05) is 24.1 Å². The monoisotopic (exact) mass is 428 g/mol. The number of fused-ring (bicyclic) bond motifs is 1. The van der Waals surface area contributed by atoms with Crippen molar-refractivity contribution < 1.29 is 22.8 Å². The lowest BCUT2D eigenvalue weighted by molar-refractivity contribution is -0.137. The minimum absolute atomic E-state index is 0.00470. The Bertz CT molecular complexity index is 1120. The fraction of sp³-hybridized carbons (Fsp3) is 0.318. The lowest BCUT2D eigenvalue weighted by Crippen LogP contribution is -2.42. The Morgan fingerprint density at radius 3 is 2.58 bits per heavy atom. The van der Waals surface area contributed by atoms with E-state index in [1.54, 1.807) is 0 Å². The molecule has 2 N–H and O–H groups in total. The number of rotatable bonds is 4. The highest BCUT2D eigenvalue weighted by Gasteiger charge is 2.47. The summed E-state index contributed by atoms with van der Waals surface area (Å²) in [5, 5.41) is 2.81. The lowest BCUT2D eigenvalue weighted by Gasteiger charge is -2.18. The predicted molar refractivity (Wildman–Crippen MR) is 107 cm³/mol. The summed E-state index contributed by atoms with van der Waals surface area (Å²) in [6.07, 6.45) is -3.35. The van der Waals surface area contributed by atoms with Gasteiger partial charge in [0.2, 0.25) is 11.8 Å². The number of hydrogen-bond acceptors (Lipinski definition) is 3. The molecular formula is C22H19F3N4O2. The van der Waals surface area contributed by atoms with Gasteiger partial charge in [-0.15, -0.1) is 0 Å². The first-order chi connectivity index (χ1) is 14.8. The molecule has 1 unspecified atom stereocenters. The van der Waals surface area contributed by atoms with Crippen molar-refractivity contribution in [2.24, 2.45) is 5.92 Å². The standard InChI is InChI=1S/C22H19F3N4O2/c23-22(24,25)12-5-7-13(8-6-12)29-10-9-18(21(29)31)28-20(30)15-11-14(15)19-26-16-3-1-2-4-17(16)27-19/h1-8,14-15,18H,9-11H2,(H,26,27)(H,28,30)/t14-,15-,18?/m0/s1. The third-order valence-electron chi connectivity index (χ3n) is 5.91. The maximum Gasteiger partial charge on any atom is 0.416 e. The number of carbonyl (C=O) groups is 2. The second kappa shape index (κ2) is 7.11. The summed E-state index contributed by atoms with van der Waals surface area (Å²) >= 11 is 0. The Morgan fingerprint density at radius 1 is 1.13 bits per heavy atom. The number of nitrogens with zero attached hydrogens (tertiary/aromatic N) is 2. The number of imidazole rings is 1. The summed E-state index contributed by atoms with van der Waals surface area (Å²) in [4.78, 5) is 34.6. The van der Waals surface area contributed by atoms with Gasteiger partial charge in [-0.25, -0.2) is 4.98 Å². The van der Waals surface area contributed by atoms with Crippen LogP contribution in [0.2, 0.25) is 0 Å². The maximum absolute atomic E-state index is 12.7. The topological polar surface area (TPSA) is 78.1 Å². The number of hydrogen-bond donors (Lipinski definition) is 2. The Kier molecular flexibility index (Phi) is 4.49. The Hall–Kier alpha value is -3.36. The van der Waals surface area contributed by atoms with Gasteiger partial charge in [-0.3, -0.25) is 9.59 Å². The van der Waals surface area contributed by atoms with Crippen LogP contribution >= 0.6 is 0 Å². The zero-order valence-corrected chi connectivity index (χ0v) is 16.3. The molecule has 0 spiro atoms. The van der Waals surface area contributed by atoms with E-state index in [1.165, 1.54) is 17.0 Å². The van der Waals surface area contributed by atoms with Crippen LogP contribution in [0.1, 0.15) is 30.1 Å². The highest BCUT2D eigenvalue weighted by molar-refractivity contribution is 6.01. The van der Waals surface area contributed by atoms with Crippen molar-refractivity contribution in [1.82, 2.24) is 15.3 Å². The number of aromatic nitrogens is 2. The van der Waals surface area contributed by atoms with E-state index in [9.17, 15) is 22.8 Å². The van der Waals surface area contributed by atoms with Crippen LogP contribution in [0.5, 0.6) is 0 Å². The quantitative estimate of drug-likeness (QED) is 0.667. The lowest BCUT2D eigenvalue weighted by atomic mass is 10.2. The van der Waals surface area contributed by atoms with Gasteiger partial charge in [-0.2, -0.15) is 13.2 Å². The molecule has 2 aromatic carbocycles. The number of halogens is 3. The Balaban J connectivity index is 1.21. The fourth-order valence-corrected chi connectivity index (χ4v) is 4.11. The molecule has 1 saturated carbocycles. The fourth-order valence-electron chi connectivity index (χ4n) is 4.11. The summed E-state index contributed by atoms with van der Waals surface area (Å²) in [6, 6.07) is 11.4. The van der Waals surface area contributed by atoms with E-state index in [0.717, 1.165) is 29.0 Å². The molecular weight excluding hydrogens is 409 g/mol. The largest absolute Gasteiger partial charge is 0.416 e. The van der Waals surface area contributed by atoms with E-state index in [2.05, 4.69) is 15.3 Å². The number of amides is 2. The number of alkyl halides is 3. The molecule has 1 saturated heterocycles. The molecule has 2 heterocycles. The molecule has 5 rings (SSSR count). The van der Waals surface area contributed by atoms with Gasteiger partial charge in [0.15, 0.2) is 0 Å². The molecule has 1 aliphatic carbocycles. The van der Waals surface area contributed by atoms with E-state index in [1.807, 2.05) is 24.3 Å². The van der Waals surface area contributed by atoms with E-state index < -0.39 is 17.8 Å². The second-order valence-corrected chi connectivity index (χ2v) is 7.97. The number of carbonyl (C=O) groups excluding carboxylic acids is 2. The van der Waals surface area contributed by atoms with Gasteiger partial charge < -0.3 is 15.2 Å². The molecule has 2 amide bonds. The Morgan fingerprint density at radius 2 is 1.87 bits per heavy atom. The van der Waals surface area contributed by atoms with Crippen LogP contribution in [-0.2, 0) is 15.8 Å². The van der Waals surface area contributed by atoms with Crippen LogP contribution in [0, 0.1) is 5.92 Å². The van der Waals surface area contributed by atoms with Crippen molar-refractivity contribution in [1.29, 1.82) is 0 Å². The van der Waals surface area contributed by atoms with E-state index in [-0.39, 0.29) is 23.7 Å². The van der Waals surface area contributed by atoms with Crippen molar-refractivity contribution in [2.75, 3.05) is 11.4 Å². The average Bonchev–Trinajstić information content (AvgIpc) is 3.31. The molecule has 0 bridgehead atoms. The minimum atomic E-state index is -4.43. The molecule has 9 heteroatoms. The zero-order valence-electron chi connectivity index (χ0n) is 16.3. The van der Waals surface area contributed by atoms with Crippen LogP contribution in [-0.4, -0.2) is 34.4 Å². The summed E-state index contributed by atoms with van der Waals surface area (Å²) in [5.74, 6) is 0.0148. The predicted octanol–water partition coefficient (Wildman–Crippen LogP) is 3.61. The van der Waals surface area contributed by atoms with Crippen LogP contribution < -0.4 is 10.2 Å². The molecule has 3 atom stereocenters. The maximum atomic E-state index is 12.7. The molecule has 1 aliphatic heterocycles. The smallest absolute Gasteiger partial charge is 0.344 e. The third-order valence-corrected chi connectivity index (χ3v) is 5.91. The van der Waals surface area contributed by atoms with Gasteiger partial charge in [0.1, 0.15) is 11.9 Å². The van der Waals surface area contributed by atoms with Gasteiger partial charge in [-0.05, 0) is 49.2 Å². The summed E-state index contributed by atoms with van der Waals surface area (Å²) in [7, 11) is 0. The van der Waals surface area contributed by atoms with Crippen LogP contribution in [0.3, 0.4) is 0 Å². The zero-order chi connectivity index (χ0) is 21.8. The molecule has 1 aromatic heterocycles. The molecule has 160 valence electrons. The summed E-state index contributed by atoms with van der Waals surface area (Å²) < 4.78 is 38.2. The number of anilines is 1. The average molecular weight is 428 g/mol. The molecule has 31 heavy (non-hydrogen) atoms. The van der Waals surface area contributed by atoms with Crippen LogP contribution in [0.4, 0.5) is 18.9 Å². The number of aromatic amines is 1. The molecule has 2 fully saturated rings. The number of benzene rings is 2. The number of para-hydroxylation sites is 2. The Labute approximate surface area is 175 Å². The van der Waals surface area contributed by atoms with E-state index in [0.29, 0.717) is 25.1 Å².